The smallest absolute Gasteiger partial charge is 0.336 e. The summed E-state index contributed by atoms with van der Waals surface area (Å²) in [6.45, 7) is 3.44. The third-order valence-corrected chi connectivity index (χ3v) is 3.82. The van der Waals surface area contributed by atoms with Gasteiger partial charge in [0.25, 0.3) is 0 Å². The summed E-state index contributed by atoms with van der Waals surface area (Å²) in [6.07, 6.45) is 1.15. The zero-order chi connectivity index (χ0) is 18.8. The lowest BCUT2D eigenvalue weighted by molar-refractivity contribution is 0.433. The van der Waals surface area contributed by atoms with Crippen LogP contribution in [0.4, 0.5) is 8.78 Å². The fourth-order valence-electron chi connectivity index (χ4n) is 2.55. The van der Waals surface area contributed by atoms with Crippen LogP contribution in [0.5, 0.6) is 5.88 Å². The van der Waals surface area contributed by atoms with Crippen LogP contribution in [0.15, 0.2) is 53.5 Å². The van der Waals surface area contributed by atoms with E-state index in [1.807, 2.05) is 18.2 Å². The Morgan fingerprint density at radius 2 is 1.58 bits per heavy atom. The van der Waals surface area contributed by atoms with Crippen LogP contribution in [0.25, 0.3) is 5.69 Å². The van der Waals surface area contributed by atoms with Gasteiger partial charge >= 0.3 is 5.69 Å². The molecule has 132 valence electrons. The molecule has 26 heavy (non-hydrogen) atoms. The highest BCUT2D eigenvalue weighted by atomic mass is 19.1. The van der Waals surface area contributed by atoms with Crippen molar-refractivity contribution in [2.45, 2.75) is 19.9 Å². The quantitative estimate of drug-likeness (QED) is 0.715. The molecule has 2 aromatic carbocycles. The highest BCUT2D eigenvalue weighted by Gasteiger charge is 2.21. The summed E-state index contributed by atoms with van der Waals surface area (Å²) in [5.41, 5.74) is -0.515. The number of nitrogens with zero attached hydrogens (tertiary/aromatic N) is 2. The Bertz CT molecular complexity index is 1050. The van der Waals surface area contributed by atoms with Gasteiger partial charge in [0.2, 0.25) is 5.88 Å². The number of imidazole rings is 1. The van der Waals surface area contributed by atoms with Crippen molar-refractivity contribution in [1.82, 2.24) is 9.13 Å². The van der Waals surface area contributed by atoms with E-state index >= 15 is 0 Å². The van der Waals surface area contributed by atoms with Gasteiger partial charge < -0.3 is 5.11 Å². The minimum absolute atomic E-state index is 0.128. The van der Waals surface area contributed by atoms with Crippen LogP contribution < -0.4 is 5.69 Å². The van der Waals surface area contributed by atoms with Crippen molar-refractivity contribution in [3.63, 3.8) is 0 Å². The SMILES string of the molecule is CC(C)n1cc(O)n(-c2c(F)cc(C#Cc3ccccc3)cc2F)c1=O. The summed E-state index contributed by atoms with van der Waals surface area (Å²) in [4.78, 5) is 12.3. The number of aromatic hydroxyl groups is 1. The van der Waals surface area contributed by atoms with Gasteiger partial charge in [0, 0.05) is 17.2 Å². The molecule has 0 fully saturated rings. The van der Waals surface area contributed by atoms with E-state index in [1.54, 1.807) is 26.0 Å². The maximum absolute atomic E-state index is 14.5. The molecule has 0 aliphatic carbocycles. The van der Waals surface area contributed by atoms with Crippen LogP contribution >= 0.6 is 0 Å². The zero-order valence-electron chi connectivity index (χ0n) is 14.2. The topological polar surface area (TPSA) is 47.2 Å². The number of aromatic nitrogens is 2. The number of benzene rings is 2. The van der Waals surface area contributed by atoms with Crippen molar-refractivity contribution in [1.29, 1.82) is 0 Å². The highest BCUT2D eigenvalue weighted by molar-refractivity contribution is 5.48. The second kappa shape index (κ2) is 6.89. The summed E-state index contributed by atoms with van der Waals surface area (Å²) in [6, 6.07) is 10.8. The Morgan fingerprint density at radius 1 is 1.00 bits per heavy atom. The summed E-state index contributed by atoms with van der Waals surface area (Å²) in [5, 5.41) is 9.97. The number of halogens is 2. The van der Waals surface area contributed by atoms with Crippen molar-refractivity contribution in [2.24, 2.45) is 0 Å². The molecule has 0 spiro atoms. The Hall–Kier alpha value is -3.33. The van der Waals surface area contributed by atoms with Crippen LogP contribution in [0, 0.1) is 23.5 Å². The summed E-state index contributed by atoms with van der Waals surface area (Å²) < 4.78 is 30.8. The van der Waals surface area contributed by atoms with Gasteiger partial charge in [-0.2, -0.15) is 0 Å². The number of hydrogen-bond acceptors (Lipinski definition) is 2. The second-order valence-corrected chi connectivity index (χ2v) is 6.01. The van der Waals surface area contributed by atoms with Gasteiger partial charge in [-0.25, -0.2) is 18.1 Å². The Kier molecular flexibility index (Phi) is 4.63. The molecule has 0 radical (unpaired) electrons. The van der Waals surface area contributed by atoms with Gasteiger partial charge in [-0.1, -0.05) is 30.0 Å². The first-order chi connectivity index (χ1) is 12.4. The van der Waals surface area contributed by atoms with E-state index in [9.17, 15) is 18.7 Å². The van der Waals surface area contributed by atoms with Crippen molar-refractivity contribution < 1.29 is 13.9 Å². The van der Waals surface area contributed by atoms with E-state index in [0.717, 1.165) is 18.3 Å². The van der Waals surface area contributed by atoms with Gasteiger partial charge in [-0.15, -0.1) is 0 Å². The summed E-state index contributed by atoms with van der Waals surface area (Å²) >= 11 is 0. The van der Waals surface area contributed by atoms with E-state index in [4.69, 9.17) is 0 Å². The molecule has 0 atom stereocenters. The summed E-state index contributed by atoms with van der Waals surface area (Å²) in [7, 11) is 0. The van der Waals surface area contributed by atoms with E-state index in [-0.39, 0.29) is 11.6 Å². The second-order valence-electron chi connectivity index (χ2n) is 6.01. The monoisotopic (exact) mass is 354 g/mol. The zero-order valence-corrected chi connectivity index (χ0v) is 14.2. The molecule has 4 nitrogen and oxygen atoms in total. The predicted octanol–water partition coefficient (Wildman–Crippen LogP) is 3.60. The van der Waals surface area contributed by atoms with E-state index in [0.29, 0.717) is 10.1 Å². The minimum atomic E-state index is -0.985. The van der Waals surface area contributed by atoms with E-state index in [1.165, 1.54) is 4.57 Å². The molecule has 0 amide bonds. The highest BCUT2D eigenvalue weighted by Crippen LogP contribution is 2.23. The molecule has 1 aromatic heterocycles. The molecule has 3 rings (SSSR count). The molecule has 3 aromatic rings. The number of rotatable bonds is 2. The summed E-state index contributed by atoms with van der Waals surface area (Å²) in [5.74, 6) is 2.99. The Labute approximate surface area is 149 Å². The first-order valence-corrected chi connectivity index (χ1v) is 7.98. The molecule has 0 aliphatic heterocycles. The molecular weight excluding hydrogens is 338 g/mol. The minimum Gasteiger partial charge on any atom is -0.493 e. The Balaban J connectivity index is 2.08. The van der Waals surface area contributed by atoms with Crippen LogP contribution in [0.1, 0.15) is 31.0 Å². The first-order valence-electron chi connectivity index (χ1n) is 7.98. The van der Waals surface area contributed by atoms with Gasteiger partial charge in [-0.3, -0.25) is 4.57 Å². The van der Waals surface area contributed by atoms with Gasteiger partial charge in [0.1, 0.15) is 5.69 Å². The average molecular weight is 354 g/mol. The maximum atomic E-state index is 14.5. The third kappa shape index (κ3) is 3.24. The molecular formula is C20H16F2N2O2. The first kappa shape index (κ1) is 17.5. The van der Waals surface area contributed by atoms with Crippen LogP contribution in [-0.2, 0) is 0 Å². The molecule has 0 saturated heterocycles. The molecule has 0 saturated carbocycles. The standard InChI is InChI=1S/C20H16F2N2O2/c1-13(2)23-12-18(25)24(20(23)26)19-16(21)10-15(11-17(19)22)9-8-14-6-4-3-5-7-14/h3-7,10-13,25H,1-2H3. The van der Waals surface area contributed by atoms with Gasteiger partial charge in [-0.05, 0) is 38.1 Å². The van der Waals surface area contributed by atoms with E-state index in [2.05, 4.69) is 11.8 Å². The predicted molar refractivity (Wildman–Crippen MR) is 94.4 cm³/mol. The molecule has 0 aliphatic rings. The molecule has 6 heteroatoms. The molecule has 1 N–H and O–H groups in total. The molecule has 0 unspecified atom stereocenters. The van der Waals surface area contributed by atoms with Crippen LogP contribution in [-0.4, -0.2) is 14.2 Å². The van der Waals surface area contributed by atoms with Crippen molar-refractivity contribution in [2.75, 3.05) is 0 Å². The van der Waals surface area contributed by atoms with Crippen molar-refractivity contribution >= 4 is 0 Å². The van der Waals surface area contributed by atoms with Crippen LogP contribution in [0.3, 0.4) is 0 Å². The average Bonchev–Trinajstić information content (AvgIpc) is 2.89. The fourth-order valence-corrected chi connectivity index (χ4v) is 2.55. The largest absolute Gasteiger partial charge is 0.493 e. The van der Waals surface area contributed by atoms with Crippen LogP contribution in [0.2, 0.25) is 0 Å². The maximum Gasteiger partial charge on any atom is 0.336 e. The normalized spacial score (nSPS) is 10.7. The lowest BCUT2D eigenvalue weighted by Crippen LogP contribution is -2.25. The van der Waals surface area contributed by atoms with Crippen molar-refractivity contribution in [3.8, 4) is 23.4 Å². The fraction of sp³-hybridized carbons (Fsp3) is 0.150. The van der Waals surface area contributed by atoms with Gasteiger partial charge in [0.15, 0.2) is 11.6 Å². The van der Waals surface area contributed by atoms with Crippen molar-refractivity contribution in [3.05, 3.63) is 81.9 Å². The lowest BCUT2D eigenvalue weighted by Gasteiger charge is -2.08. The Morgan fingerprint density at radius 3 is 2.12 bits per heavy atom. The molecule has 0 bridgehead atoms. The number of hydrogen-bond donors (Lipinski definition) is 1. The van der Waals surface area contributed by atoms with Gasteiger partial charge in [0.05, 0.1) is 6.20 Å². The third-order valence-electron chi connectivity index (χ3n) is 3.82. The lowest BCUT2D eigenvalue weighted by atomic mass is 10.1. The van der Waals surface area contributed by atoms with E-state index < -0.39 is 28.9 Å². The molecule has 1 heterocycles.